The van der Waals surface area contributed by atoms with Gasteiger partial charge in [0.05, 0.1) is 26.2 Å². The quantitative estimate of drug-likeness (QED) is 0.773. The van der Waals surface area contributed by atoms with Crippen LogP contribution < -0.4 is 15.1 Å². The predicted molar refractivity (Wildman–Crippen MR) is 116 cm³/mol. The minimum atomic E-state index is 0.165. The van der Waals surface area contributed by atoms with Gasteiger partial charge in [-0.25, -0.2) is 0 Å². The fourth-order valence-corrected chi connectivity index (χ4v) is 3.86. The largest absolute Gasteiger partial charge is 0.360 e. The molecule has 3 rings (SSSR count). The molecule has 28 heavy (non-hydrogen) atoms. The number of rotatable bonds is 7. The van der Waals surface area contributed by atoms with Crippen LogP contribution in [-0.2, 0) is 11.2 Å². The lowest BCUT2D eigenvalue weighted by molar-refractivity contribution is -0.892. The average molecular weight is 381 g/mol. The predicted octanol–water partition coefficient (Wildman–Crippen LogP) is 2.18. The number of piperazine rings is 1. The maximum absolute atomic E-state index is 12.3. The molecule has 0 aliphatic carbocycles. The first kappa shape index (κ1) is 20.4. The summed E-state index contributed by atoms with van der Waals surface area (Å²) in [5, 5.41) is 3.09. The molecule has 0 spiro atoms. The summed E-state index contributed by atoms with van der Waals surface area (Å²) < 4.78 is 0. The molecular formula is C24H34N3O+. The number of benzene rings is 2. The molecule has 1 aliphatic rings. The van der Waals surface area contributed by atoms with Crippen molar-refractivity contribution in [3.63, 3.8) is 0 Å². The number of amides is 1. The van der Waals surface area contributed by atoms with Crippen molar-refractivity contribution in [2.75, 3.05) is 44.2 Å². The van der Waals surface area contributed by atoms with Crippen LogP contribution in [0.3, 0.4) is 0 Å². The van der Waals surface area contributed by atoms with E-state index in [2.05, 4.69) is 79.5 Å². The van der Waals surface area contributed by atoms with Gasteiger partial charge in [0.2, 0.25) is 0 Å². The summed E-state index contributed by atoms with van der Waals surface area (Å²) in [6.45, 7) is 11.9. The maximum atomic E-state index is 12.3. The number of hydrogen-bond donors (Lipinski definition) is 2. The smallest absolute Gasteiger partial charge is 0.275 e. The molecule has 1 aliphatic heterocycles. The first-order valence-electron chi connectivity index (χ1n) is 10.5. The van der Waals surface area contributed by atoms with Gasteiger partial charge in [-0.1, -0.05) is 56.3 Å². The minimum Gasteiger partial charge on any atom is -0.360 e. The third-order valence-corrected chi connectivity index (χ3v) is 5.72. The molecule has 4 nitrogen and oxygen atoms in total. The number of carbonyl (C=O) groups is 1. The zero-order chi connectivity index (χ0) is 19.9. The van der Waals surface area contributed by atoms with Gasteiger partial charge in [0.15, 0.2) is 6.54 Å². The van der Waals surface area contributed by atoms with Gasteiger partial charge in [-0.2, -0.15) is 0 Å². The molecule has 2 aromatic carbocycles. The van der Waals surface area contributed by atoms with Crippen LogP contribution in [0, 0.1) is 6.92 Å². The van der Waals surface area contributed by atoms with E-state index in [4.69, 9.17) is 0 Å². The van der Waals surface area contributed by atoms with Crippen molar-refractivity contribution in [3.05, 3.63) is 65.2 Å². The van der Waals surface area contributed by atoms with Crippen LogP contribution in [0.5, 0.6) is 0 Å². The Morgan fingerprint density at radius 3 is 2.39 bits per heavy atom. The van der Waals surface area contributed by atoms with Crippen LogP contribution >= 0.6 is 0 Å². The summed E-state index contributed by atoms with van der Waals surface area (Å²) in [4.78, 5) is 16.1. The third kappa shape index (κ3) is 5.59. The standard InChI is InChI=1S/C24H33N3O/c1-19(2)22-10-8-21(9-11-22)12-13-25-24(28)18-26-14-16-27(17-15-26)23-7-5-4-6-20(23)3/h4-11,19H,12-18H2,1-3H3,(H,25,28)/p+1. The molecule has 1 amide bonds. The molecule has 1 fully saturated rings. The number of nitrogens with zero attached hydrogens (tertiary/aromatic N) is 1. The van der Waals surface area contributed by atoms with Crippen LogP contribution in [0.4, 0.5) is 5.69 Å². The number of hydrogen-bond acceptors (Lipinski definition) is 2. The number of nitrogens with one attached hydrogen (secondary N) is 2. The van der Waals surface area contributed by atoms with Crippen molar-refractivity contribution in [1.82, 2.24) is 5.32 Å². The number of para-hydroxylation sites is 1. The fraction of sp³-hybridized carbons (Fsp3) is 0.458. The summed E-state index contributed by atoms with van der Waals surface area (Å²) in [6.07, 6.45) is 0.889. The zero-order valence-corrected chi connectivity index (χ0v) is 17.5. The van der Waals surface area contributed by atoms with Crippen LogP contribution in [0.1, 0.15) is 36.5 Å². The van der Waals surface area contributed by atoms with Gasteiger partial charge < -0.3 is 15.1 Å². The monoisotopic (exact) mass is 380 g/mol. The summed E-state index contributed by atoms with van der Waals surface area (Å²) in [7, 11) is 0. The summed E-state index contributed by atoms with van der Waals surface area (Å²) in [5.74, 6) is 0.723. The van der Waals surface area contributed by atoms with Crippen molar-refractivity contribution < 1.29 is 9.69 Å². The molecule has 1 saturated heterocycles. The highest BCUT2D eigenvalue weighted by molar-refractivity contribution is 5.76. The highest BCUT2D eigenvalue weighted by Gasteiger charge is 2.22. The van der Waals surface area contributed by atoms with E-state index in [9.17, 15) is 4.79 Å². The van der Waals surface area contributed by atoms with Crippen molar-refractivity contribution >= 4 is 11.6 Å². The molecule has 0 saturated carbocycles. The topological polar surface area (TPSA) is 36.8 Å². The molecule has 2 N–H and O–H groups in total. The normalized spacial score (nSPS) is 15.1. The summed E-state index contributed by atoms with van der Waals surface area (Å²) >= 11 is 0. The average Bonchev–Trinajstić information content (AvgIpc) is 2.69. The molecule has 0 unspecified atom stereocenters. The molecule has 0 bridgehead atoms. The first-order chi connectivity index (χ1) is 13.5. The number of quaternary nitrogens is 1. The van der Waals surface area contributed by atoms with E-state index in [0.717, 1.165) is 32.6 Å². The highest BCUT2D eigenvalue weighted by atomic mass is 16.2. The Hall–Kier alpha value is -2.33. The molecule has 0 aromatic heterocycles. The van der Waals surface area contributed by atoms with Crippen LogP contribution in [0.25, 0.3) is 0 Å². The van der Waals surface area contributed by atoms with E-state index in [0.29, 0.717) is 19.0 Å². The van der Waals surface area contributed by atoms with Gasteiger partial charge in [-0.15, -0.1) is 0 Å². The first-order valence-corrected chi connectivity index (χ1v) is 10.5. The second kappa shape index (κ2) is 9.74. The van der Waals surface area contributed by atoms with Gasteiger partial charge in [0, 0.05) is 12.2 Å². The van der Waals surface area contributed by atoms with Gasteiger partial charge in [0.1, 0.15) is 0 Å². The highest BCUT2D eigenvalue weighted by Crippen LogP contribution is 2.18. The van der Waals surface area contributed by atoms with Crippen molar-refractivity contribution in [2.24, 2.45) is 0 Å². The molecule has 150 valence electrons. The third-order valence-electron chi connectivity index (χ3n) is 5.72. The van der Waals surface area contributed by atoms with Crippen LogP contribution in [0.2, 0.25) is 0 Å². The van der Waals surface area contributed by atoms with Crippen LogP contribution in [0.15, 0.2) is 48.5 Å². The van der Waals surface area contributed by atoms with Gasteiger partial charge in [-0.05, 0) is 42.0 Å². The minimum absolute atomic E-state index is 0.165. The van der Waals surface area contributed by atoms with Crippen LogP contribution in [-0.4, -0.2) is 45.2 Å². The van der Waals surface area contributed by atoms with E-state index < -0.39 is 0 Å². The zero-order valence-electron chi connectivity index (χ0n) is 17.5. The summed E-state index contributed by atoms with van der Waals surface area (Å²) in [6, 6.07) is 17.3. The van der Waals surface area contributed by atoms with E-state index in [1.165, 1.54) is 27.3 Å². The second-order valence-electron chi connectivity index (χ2n) is 8.20. The molecule has 0 atom stereocenters. The number of aryl methyl sites for hydroxylation is 1. The Morgan fingerprint density at radius 1 is 1.07 bits per heavy atom. The van der Waals surface area contributed by atoms with Crippen molar-refractivity contribution in [2.45, 2.75) is 33.1 Å². The lowest BCUT2D eigenvalue weighted by Gasteiger charge is -2.34. The van der Waals surface area contributed by atoms with E-state index >= 15 is 0 Å². The van der Waals surface area contributed by atoms with Gasteiger partial charge >= 0.3 is 0 Å². The maximum Gasteiger partial charge on any atom is 0.275 e. The van der Waals surface area contributed by atoms with Gasteiger partial charge in [-0.3, -0.25) is 4.79 Å². The summed E-state index contributed by atoms with van der Waals surface area (Å²) in [5.41, 5.74) is 5.30. The molecular weight excluding hydrogens is 346 g/mol. The Bertz CT molecular complexity index is 762. The number of anilines is 1. The second-order valence-corrected chi connectivity index (χ2v) is 8.20. The van der Waals surface area contributed by atoms with Gasteiger partial charge in [0.25, 0.3) is 5.91 Å². The van der Waals surface area contributed by atoms with E-state index in [1.54, 1.807) is 0 Å². The van der Waals surface area contributed by atoms with E-state index in [1.807, 2.05) is 0 Å². The fourth-order valence-electron chi connectivity index (χ4n) is 3.86. The Kier molecular flexibility index (Phi) is 7.10. The van der Waals surface area contributed by atoms with Crippen molar-refractivity contribution in [3.8, 4) is 0 Å². The Labute approximate surface area is 169 Å². The number of carbonyl (C=O) groups excluding carboxylic acids is 1. The molecule has 4 heteroatoms. The van der Waals surface area contributed by atoms with E-state index in [-0.39, 0.29) is 5.91 Å². The lowest BCUT2D eigenvalue weighted by Crippen LogP contribution is -3.16. The molecule has 2 aromatic rings. The van der Waals surface area contributed by atoms with Crippen molar-refractivity contribution in [1.29, 1.82) is 0 Å². The molecule has 0 radical (unpaired) electrons. The SMILES string of the molecule is Cc1ccccc1N1CC[NH+](CC(=O)NCCc2ccc(C(C)C)cc2)CC1. The lowest BCUT2D eigenvalue weighted by atomic mass is 10.0. The Balaban J connectivity index is 1.37. The Morgan fingerprint density at radius 2 is 1.75 bits per heavy atom. The molecule has 1 heterocycles.